The van der Waals surface area contributed by atoms with Crippen LogP contribution in [0.5, 0.6) is 5.75 Å². The van der Waals surface area contributed by atoms with Crippen LogP contribution in [-0.4, -0.2) is 11.9 Å². The molecule has 1 aromatic carbocycles. The average Bonchev–Trinajstić information content (AvgIpc) is 2.68. The second-order valence-electron chi connectivity index (χ2n) is 5.25. The maximum Gasteiger partial charge on any atom is 0.180 e. The van der Waals surface area contributed by atoms with Gasteiger partial charge in [0.05, 0.1) is 0 Å². The molecule has 0 bridgehead atoms. The van der Waals surface area contributed by atoms with Gasteiger partial charge in [0.1, 0.15) is 16.7 Å². The van der Waals surface area contributed by atoms with Crippen LogP contribution in [0.3, 0.4) is 0 Å². The number of Topliss-reactive ketones (excluding diaryl/α,β-unsaturated/α-hetero) is 1. The molecule has 0 spiro atoms. The number of ether oxygens (including phenoxy) is 1. The number of carbonyl (C=O) groups excluding carboxylic acids is 1. The van der Waals surface area contributed by atoms with Crippen molar-refractivity contribution < 1.29 is 9.53 Å². The van der Waals surface area contributed by atoms with Gasteiger partial charge in [0.2, 0.25) is 0 Å². The fourth-order valence-corrected chi connectivity index (χ4v) is 3.57. The summed E-state index contributed by atoms with van der Waals surface area (Å²) in [6.07, 6.45) is 1.51. The molecule has 0 N–H and O–H groups in total. The average molecular weight is 260 g/mol. The highest BCUT2D eigenvalue weighted by Gasteiger charge is 2.30. The Morgan fingerprint density at radius 1 is 1.39 bits per heavy atom. The van der Waals surface area contributed by atoms with Gasteiger partial charge in [-0.2, -0.15) is 0 Å². The van der Waals surface area contributed by atoms with Crippen LogP contribution in [0.25, 0.3) is 10.1 Å². The van der Waals surface area contributed by atoms with Crippen LogP contribution in [0.4, 0.5) is 0 Å². The van der Waals surface area contributed by atoms with Crippen molar-refractivity contribution in [3.8, 4) is 5.75 Å². The first-order valence-corrected chi connectivity index (χ1v) is 7.18. The lowest BCUT2D eigenvalue weighted by Gasteiger charge is -2.24. The van der Waals surface area contributed by atoms with Gasteiger partial charge in [-0.15, -0.1) is 11.3 Å². The summed E-state index contributed by atoms with van der Waals surface area (Å²) in [6.45, 7) is 4.32. The second-order valence-corrected chi connectivity index (χ2v) is 6.31. The zero-order valence-electron chi connectivity index (χ0n) is 10.6. The van der Waals surface area contributed by atoms with E-state index < -0.39 is 0 Å². The molecule has 1 aliphatic heterocycles. The van der Waals surface area contributed by atoms with E-state index in [2.05, 4.69) is 13.8 Å². The van der Waals surface area contributed by atoms with Crippen molar-refractivity contribution in [2.75, 3.05) is 0 Å². The fourth-order valence-electron chi connectivity index (χ4n) is 2.49. The van der Waals surface area contributed by atoms with Crippen molar-refractivity contribution in [3.05, 3.63) is 29.1 Å². The number of benzene rings is 1. The third-order valence-corrected chi connectivity index (χ3v) is 4.43. The highest BCUT2D eigenvalue weighted by atomic mass is 32.1. The number of carbonyl (C=O) groups is 1. The molecule has 2 heterocycles. The van der Waals surface area contributed by atoms with Gasteiger partial charge < -0.3 is 4.74 Å². The zero-order valence-corrected chi connectivity index (χ0v) is 11.4. The highest BCUT2D eigenvalue weighted by Crippen LogP contribution is 2.42. The molecular formula is C15H16O2S. The van der Waals surface area contributed by atoms with Gasteiger partial charge in [0, 0.05) is 16.5 Å². The van der Waals surface area contributed by atoms with Crippen LogP contribution in [-0.2, 0) is 0 Å². The van der Waals surface area contributed by atoms with Crippen LogP contribution in [0, 0.1) is 5.92 Å². The summed E-state index contributed by atoms with van der Waals surface area (Å²) < 4.78 is 7.20. The maximum atomic E-state index is 12.2. The van der Waals surface area contributed by atoms with E-state index in [4.69, 9.17) is 4.74 Å². The minimum Gasteiger partial charge on any atom is -0.488 e. The molecular weight excluding hydrogens is 244 g/mol. The molecule has 1 unspecified atom stereocenters. The largest absolute Gasteiger partial charge is 0.488 e. The Kier molecular flexibility index (Phi) is 2.86. The first-order valence-electron chi connectivity index (χ1n) is 6.36. The molecule has 0 aliphatic carbocycles. The molecule has 1 atom stereocenters. The van der Waals surface area contributed by atoms with E-state index >= 15 is 0 Å². The lowest BCUT2D eigenvalue weighted by atomic mass is 9.98. The Morgan fingerprint density at radius 2 is 2.17 bits per heavy atom. The fraction of sp³-hybridized carbons (Fsp3) is 0.400. The number of thiophene rings is 1. The summed E-state index contributed by atoms with van der Waals surface area (Å²) in [7, 11) is 0. The van der Waals surface area contributed by atoms with Crippen molar-refractivity contribution in [3.63, 3.8) is 0 Å². The normalized spacial score (nSPS) is 19.1. The van der Waals surface area contributed by atoms with Crippen LogP contribution in [0.1, 0.15) is 36.4 Å². The van der Waals surface area contributed by atoms with Crippen LogP contribution >= 0.6 is 11.3 Å². The first kappa shape index (κ1) is 11.7. The molecule has 3 rings (SSSR count). The summed E-state index contributed by atoms with van der Waals surface area (Å²) in [5, 5.41) is 1.08. The van der Waals surface area contributed by atoms with Crippen molar-refractivity contribution >= 4 is 27.2 Å². The number of fused-ring (bicyclic) bond motifs is 3. The van der Waals surface area contributed by atoms with E-state index in [0.29, 0.717) is 12.3 Å². The molecule has 18 heavy (non-hydrogen) atoms. The Labute approximate surface area is 111 Å². The van der Waals surface area contributed by atoms with Crippen molar-refractivity contribution in [1.82, 2.24) is 0 Å². The van der Waals surface area contributed by atoms with Crippen LogP contribution in [0.2, 0.25) is 0 Å². The third-order valence-electron chi connectivity index (χ3n) is 3.24. The third kappa shape index (κ3) is 1.93. The predicted molar refractivity (Wildman–Crippen MR) is 74.6 cm³/mol. The molecule has 0 saturated heterocycles. The molecule has 0 amide bonds. The minimum absolute atomic E-state index is 0.0445. The molecule has 2 nitrogen and oxygen atoms in total. The number of hydrogen-bond donors (Lipinski definition) is 0. The maximum absolute atomic E-state index is 12.2. The molecule has 0 radical (unpaired) electrons. The molecule has 94 valence electrons. The summed E-state index contributed by atoms with van der Waals surface area (Å²) >= 11 is 1.55. The Bertz CT molecular complexity index is 598. The van der Waals surface area contributed by atoms with Gasteiger partial charge >= 0.3 is 0 Å². The van der Waals surface area contributed by atoms with E-state index in [9.17, 15) is 4.79 Å². The van der Waals surface area contributed by atoms with E-state index in [1.807, 2.05) is 24.3 Å². The number of rotatable bonds is 2. The summed E-state index contributed by atoms with van der Waals surface area (Å²) in [5.74, 6) is 1.61. The van der Waals surface area contributed by atoms with Gasteiger partial charge in [0.15, 0.2) is 5.78 Å². The monoisotopic (exact) mass is 260 g/mol. The quantitative estimate of drug-likeness (QED) is 0.805. The highest BCUT2D eigenvalue weighted by molar-refractivity contribution is 7.21. The second kappa shape index (κ2) is 4.39. The van der Waals surface area contributed by atoms with Crippen LogP contribution in [0.15, 0.2) is 24.3 Å². The molecule has 1 aromatic heterocycles. The smallest absolute Gasteiger partial charge is 0.180 e. The molecule has 0 saturated carbocycles. The van der Waals surface area contributed by atoms with Gasteiger partial charge in [-0.1, -0.05) is 26.0 Å². The lowest BCUT2D eigenvalue weighted by molar-refractivity contribution is 0.0832. The number of ketones is 1. The van der Waals surface area contributed by atoms with Gasteiger partial charge in [-0.3, -0.25) is 4.79 Å². The zero-order chi connectivity index (χ0) is 12.7. The van der Waals surface area contributed by atoms with E-state index in [1.165, 1.54) is 0 Å². The Morgan fingerprint density at radius 3 is 2.94 bits per heavy atom. The predicted octanol–water partition coefficient (Wildman–Crippen LogP) is 4.28. The Balaban J connectivity index is 2.04. The molecule has 1 aliphatic rings. The van der Waals surface area contributed by atoms with Crippen molar-refractivity contribution in [2.24, 2.45) is 5.92 Å². The lowest BCUT2D eigenvalue weighted by Crippen LogP contribution is -2.27. The van der Waals surface area contributed by atoms with Gasteiger partial charge in [-0.25, -0.2) is 0 Å². The van der Waals surface area contributed by atoms with Crippen molar-refractivity contribution in [1.29, 1.82) is 0 Å². The summed E-state index contributed by atoms with van der Waals surface area (Å²) in [6, 6.07) is 8.08. The van der Waals surface area contributed by atoms with Gasteiger partial charge in [-0.05, 0) is 24.5 Å². The number of hydrogen-bond acceptors (Lipinski definition) is 3. The molecule has 0 fully saturated rings. The van der Waals surface area contributed by atoms with Crippen LogP contribution < -0.4 is 4.74 Å². The van der Waals surface area contributed by atoms with E-state index in [1.54, 1.807) is 11.3 Å². The van der Waals surface area contributed by atoms with Gasteiger partial charge in [0.25, 0.3) is 0 Å². The standard InChI is InChI=1S/C15H16O2S/c1-9(2)7-10-8-12(16)15-14(17-10)11-5-3-4-6-13(11)18-15/h3-6,9-10H,7-8H2,1-2H3. The van der Waals surface area contributed by atoms with E-state index in [0.717, 1.165) is 27.1 Å². The SMILES string of the molecule is CC(C)CC1CC(=O)c2sc3ccccc3c2O1. The van der Waals surface area contributed by atoms with Crippen molar-refractivity contribution in [2.45, 2.75) is 32.8 Å². The Hall–Kier alpha value is -1.35. The summed E-state index contributed by atoms with van der Waals surface area (Å²) in [5.41, 5.74) is 0. The first-order chi connectivity index (χ1) is 8.65. The van der Waals surface area contributed by atoms with E-state index in [-0.39, 0.29) is 11.9 Å². The molecule has 3 heteroatoms. The minimum atomic E-state index is 0.0445. The molecule has 2 aromatic rings. The topological polar surface area (TPSA) is 26.3 Å². The summed E-state index contributed by atoms with van der Waals surface area (Å²) in [4.78, 5) is 13.0.